The van der Waals surface area contributed by atoms with Crippen molar-refractivity contribution in [3.63, 3.8) is 0 Å². The molecule has 0 radical (unpaired) electrons. The lowest BCUT2D eigenvalue weighted by molar-refractivity contribution is -0.0409. The molecule has 2 aromatic rings. The van der Waals surface area contributed by atoms with Crippen molar-refractivity contribution in [2.75, 3.05) is 12.3 Å². The molecule has 1 aromatic heterocycles. The van der Waals surface area contributed by atoms with Gasteiger partial charge >= 0.3 is 5.97 Å². The number of azo groups is 1. The number of carbonyl (C=O) groups is 1. The van der Waals surface area contributed by atoms with Crippen LogP contribution in [-0.4, -0.2) is 23.8 Å². The molecule has 214 valence electrons. The van der Waals surface area contributed by atoms with E-state index in [0.29, 0.717) is 34.9 Å². The summed E-state index contributed by atoms with van der Waals surface area (Å²) in [5.74, 6) is 1.71. The van der Waals surface area contributed by atoms with E-state index in [4.69, 9.17) is 15.6 Å². The summed E-state index contributed by atoms with van der Waals surface area (Å²) >= 11 is 1.36. The Balaban J connectivity index is 1.37. The van der Waals surface area contributed by atoms with Crippen LogP contribution in [0.25, 0.3) is 0 Å². The van der Waals surface area contributed by atoms with E-state index in [1.807, 2.05) is 31.2 Å². The minimum absolute atomic E-state index is 0.0555. The topological polar surface area (TPSA) is 97.3 Å². The number of aliphatic hydroxyl groups is 1. The molecule has 3 fully saturated rings. The summed E-state index contributed by atoms with van der Waals surface area (Å²) in [6.07, 6.45) is 10.7. The van der Waals surface area contributed by atoms with Crippen molar-refractivity contribution in [3.8, 4) is 0 Å². The summed E-state index contributed by atoms with van der Waals surface area (Å²) in [7, 11) is 0. The number of aliphatic hydroxyl groups excluding tert-OH is 1. The number of carbonyl (C=O) groups excluding carboxylic acids is 1. The highest BCUT2D eigenvalue weighted by atomic mass is 32.1. The third-order valence-electron chi connectivity index (χ3n) is 11.1. The first kappa shape index (κ1) is 27.6. The van der Waals surface area contributed by atoms with E-state index in [0.717, 1.165) is 61.2 Å². The summed E-state index contributed by atoms with van der Waals surface area (Å²) in [5, 5.41) is 20.9. The maximum Gasteiger partial charge on any atom is 0.341 e. The van der Waals surface area contributed by atoms with Gasteiger partial charge < -0.3 is 15.6 Å². The smallest absolute Gasteiger partial charge is 0.341 e. The Morgan fingerprint density at radius 2 is 1.88 bits per heavy atom. The number of aryl methyl sites for hydroxylation is 1. The van der Waals surface area contributed by atoms with Crippen LogP contribution in [0.15, 0.2) is 46.1 Å². The summed E-state index contributed by atoms with van der Waals surface area (Å²) in [4.78, 5) is 13.3. The Morgan fingerprint density at radius 3 is 2.62 bits per heavy atom. The quantitative estimate of drug-likeness (QED) is 0.217. The van der Waals surface area contributed by atoms with E-state index in [9.17, 15) is 9.90 Å². The molecule has 6 rings (SSSR count). The van der Waals surface area contributed by atoms with Gasteiger partial charge in [0.1, 0.15) is 10.0 Å². The number of fused-ring (bicyclic) bond motifs is 5. The van der Waals surface area contributed by atoms with E-state index in [2.05, 4.69) is 32.0 Å². The highest BCUT2D eigenvalue weighted by Crippen LogP contribution is 2.69. The van der Waals surface area contributed by atoms with Crippen LogP contribution < -0.4 is 5.73 Å². The number of rotatable bonds is 5. The van der Waals surface area contributed by atoms with Crippen molar-refractivity contribution < 1.29 is 14.6 Å². The van der Waals surface area contributed by atoms with Crippen molar-refractivity contribution in [2.45, 2.75) is 91.1 Å². The highest BCUT2D eigenvalue weighted by molar-refractivity contribution is 7.20. The average Bonchev–Trinajstić information content (AvgIpc) is 3.44. The first-order chi connectivity index (χ1) is 19.2. The van der Waals surface area contributed by atoms with Gasteiger partial charge in [-0.3, -0.25) is 0 Å². The van der Waals surface area contributed by atoms with Gasteiger partial charge in [-0.25, -0.2) is 4.79 Å². The first-order valence-electron chi connectivity index (χ1n) is 15.1. The van der Waals surface area contributed by atoms with Gasteiger partial charge in [0.15, 0.2) is 0 Å². The van der Waals surface area contributed by atoms with Gasteiger partial charge in [0.2, 0.25) is 0 Å². The van der Waals surface area contributed by atoms with Crippen LogP contribution in [0.3, 0.4) is 0 Å². The van der Waals surface area contributed by atoms with Gasteiger partial charge in [0, 0.05) is 5.56 Å². The van der Waals surface area contributed by atoms with E-state index < -0.39 is 0 Å². The monoisotopic (exact) mass is 561 g/mol. The lowest BCUT2D eigenvalue weighted by atomic mass is 9.47. The SMILES string of the molecule is CCOC(=O)c1c(N)sc(N=Nc2ccc(C)cc2)c1C1CC[C@H]2[C@@H]3CC=C4C[C@@H](O)CC[C@]4(C)[C@H]3CC[C@]12C. The second-order valence-corrected chi connectivity index (χ2v) is 14.2. The predicted molar refractivity (Wildman–Crippen MR) is 160 cm³/mol. The maximum absolute atomic E-state index is 13.3. The standard InChI is InChI=1S/C33H43N3O3S/c1-5-39-31(38)28-27(30(40-29(28)34)36-35-21-9-6-19(2)7-10-21)26-13-12-24-23-11-8-20-18-22(37)14-16-32(20,3)25(23)15-17-33(24,26)4/h6-10,22-26,37H,5,11-18,34H2,1-4H3/t22-,23-,24-,25-,26?,32-,33-/m0/s1. The Hall–Kier alpha value is -2.51. The van der Waals surface area contributed by atoms with Crippen LogP contribution in [0, 0.1) is 35.5 Å². The molecule has 0 bridgehead atoms. The van der Waals surface area contributed by atoms with Crippen LogP contribution in [0.5, 0.6) is 0 Å². The Morgan fingerprint density at radius 1 is 1.10 bits per heavy atom. The van der Waals surface area contributed by atoms with Crippen molar-refractivity contribution in [2.24, 2.45) is 38.8 Å². The second kappa shape index (κ2) is 10.4. The number of nitrogens with zero attached hydrogens (tertiary/aromatic N) is 2. The van der Waals surface area contributed by atoms with Gasteiger partial charge in [0.25, 0.3) is 0 Å². The molecule has 3 saturated carbocycles. The largest absolute Gasteiger partial charge is 0.462 e. The van der Waals surface area contributed by atoms with E-state index in [1.165, 1.54) is 28.9 Å². The summed E-state index contributed by atoms with van der Waals surface area (Å²) < 4.78 is 5.52. The number of hydrogen-bond donors (Lipinski definition) is 2. The number of thiophene rings is 1. The Bertz CT molecular complexity index is 1350. The zero-order chi connectivity index (χ0) is 28.2. The Kier molecular flexibility index (Phi) is 7.19. The number of benzene rings is 1. The molecular weight excluding hydrogens is 518 g/mol. The summed E-state index contributed by atoms with van der Waals surface area (Å²) in [6, 6.07) is 7.98. The highest BCUT2D eigenvalue weighted by Gasteiger charge is 2.59. The molecule has 7 heteroatoms. The number of nitrogens with two attached hydrogens (primary N) is 1. The van der Waals surface area contributed by atoms with Crippen molar-refractivity contribution in [1.29, 1.82) is 0 Å². The maximum atomic E-state index is 13.3. The lowest BCUT2D eigenvalue weighted by Gasteiger charge is -2.58. The molecular formula is C33H43N3O3S. The molecule has 4 aliphatic rings. The van der Waals surface area contributed by atoms with Crippen LogP contribution in [-0.2, 0) is 4.74 Å². The number of allylic oxidation sites excluding steroid dienone is 1. The molecule has 0 aliphatic heterocycles. The predicted octanol–water partition coefficient (Wildman–Crippen LogP) is 8.64. The number of hydrogen-bond acceptors (Lipinski definition) is 7. The number of nitrogen functional groups attached to an aromatic ring is 1. The molecule has 1 unspecified atom stereocenters. The van der Waals surface area contributed by atoms with Gasteiger partial charge in [0.05, 0.1) is 24.0 Å². The van der Waals surface area contributed by atoms with Gasteiger partial charge in [-0.05, 0) is 112 Å². The van der Waals surface area contributed by atoms with E-state index in [-0.39, 0.29) is 28.8 Å². The van der Waals surface area contributed by atoms with Gasteiger partial charge in [-0.2, -0.15) is 0 Å². The van der Waals surface area contributed by atoms with Gasteiger partial charge in [-0.15, -0.1) is 10.2 Å². The molecule has 0 spiro atoms. The van der Waals surface area contributed by atoms with Crippen molar-refractivity contribution in [3.05, 3.63) is 52.6 Å². The number of esters is 1. The normalized spacial score (nSPS) is 35.1. The minimum Gasteiger partial charge on any atom is -0.462 e. The molecule has 0 saturated heterocycles. The van der Waals surface area contributed by atoms with E-state index >= 15 is 0 Å². The fraction of sp³-hybridized carbons (Fsp3) is 0.606. The molecule has 4 aliphatic carbocycles. The summed E-state index contributed by atoms with van der Waals surface area (Å²) in [6.45, 7) is 9.13. The lowest BCUT2D eigenvalue weighted by Crippen LogP contribution is -2.50. The van der Waals surface area contributed by atoms with Crippen LogP contribution in [0.2, 0.25) is 0 Å². The molecule has 1 heterocycles. The molecule has 1 aromatic carbocycles. The second-order valence-electron chi connectivity index (χ2n) is 13.1. The fourth-order valence-corrected chi connectivity index (χ4v) is 10.0. The average molecular weight is 562 g/mol. The van der Waals surface area contributed by atoms with Crippen LogP contribution in [0.1, 0.15) is 99.5 Å². The molecule has 3 N–H and O–H groups in total. The van der Waals surface area contributed by atoms with Gasteiger partial charge in [-0.1, -0.05) is 54.5 Å². The van der Waals surface area contributed by atoms with Crippen molar-refractivity contribution >= 4 is 33.0 Å². The minimum atomic E-state index is -0.345. The number of ether oxygens (including phenoxy) is 1. The molecule has 6 nitrogen and oxygen atoms in total. The van der Waals surface area contributed by atoms with Crippen molar-refractivity contribution in [1.82, 2.24) is 0 Å². The summed E-state index contributed by atoms with van der Waals surface area (Å²) in [5.41, 5.74) is 11.7. The van der Waals surface area contributed by atoms with E-state index in [1.54, 1.807) is 0 Å². The fourth-order valence-electron chi connectivity index (χ4n) is 9.09. The molecule has 7 atom stereocenters. The number of anilines is 1. The van der Waals surface area contributed by atoms with Crippen LogP contribution >= 0.6 is 11.3 Å². The zero-order valence-corrected chi connectivity index (χ0v) is 25.1. The zero-order valence-electron chi connectivity index (χ0n) is 24.3. The Labute approximate surface area is 242 Å². The molecule has 40 heavy (non-hydrogen) atoms. The third-order valence-corrected chi connectivity index (χ3v) is 12.1. The molecule has 0 amide bonds. The van der Waals surface area contributed by atoms with Crippen LogP contribution in [0.4, 0.5) is 15.7 Å². The first-order valence-corrected chi connectivity index (χ1v) is 15.9. The third kappa shape index (κ3) is 4.44.